The number of rotatable bonds is 5. The van der Waals surface area contributed by atoms with E-state index in [9.17, 15) is 10.1 Å². The zero-order chi connectivity index (χ0) is 12.1. The number of nitro groups is 1. The highest BCUT2D eigenvalue weighted by molar-refractivity contribution is 5.32. The summed E-state index contributed by atoms with van der Waals surface area (Å²) < 4.78 is 0. The van der Waals surface area contributed by atoms with Crippen LogP contribution in [0, 0.1) is 10.1 Å². The summed E-state index contributed by atoms with van der Waals surface area (Å²) in [6.45, 7) is 4.62. The van der Waals surface area contributed by atoms with Crippen LogP contribution in [0.3, 0.4) is 0 Å². The van der Waals surface area contributed by atoms with Crippen LogP contribution in [-0.4, -0.2) is 17.0 Å². The van der Waals surface area contributed by atoms with Crippen LogP contribution in [0.5, 0.6) is 0 Å². The van der Waals surface area contributed by atoms with E-state index in [0.717, 1.165) is 5.56 Å². The minimum Gasteiger partial charge on any atom is -0.327 e. The molecule has 0 amide bonds. The second-order valence-corrected chi connectivity index (χ2v) is 3.95. The lowest BCUT2D eigenvalue weighted by Gasteiger charge is -2.17. The largest absolute Gasteiger partial charge is 0.327 e. The molecule has 0 aliphatic carbocycles. The van der Waals surface area contributed by atoms with Gasteiger partial charge in [-0.3, -0.25) is 10.1 Å². The number of nitrogens with one attached hydrogen (secondary N) is 1. The monoisotopic (exact) mass is 223 g/mol. The van der Waals surface area contributed by atoms with Crippen LogP contribution in [0.25, 0.3) is 0 Å². The van der Waals surface area contributed by atoms with Crippen LogP contribution >= 0.6 is 0 Å². The normalized spacial score (nSPS) is 14.4. The predicted octanol–water partition coefficient (Wildman–Crippen LogP) is 1.42. The van der Waals surface area contributed by atoms with E-state index in [1.165, 1.54) is 12.1 Å². The van der Waals surface area contributed by atoms with Crippen molar-refractivity contribution in [1.29, 1.82) is 0 Å². The van der Waals surface area contributed by atoms with Gasteiger partial charge < -0.3 is 11.1 Å². The van der Waals surface area contributed by atoms with E-state index in [0.29, 0.717) is 6.54 Å². The second kappa shape index (κ2) is 5.58. The van der Waals surface area contributed by atoms with Crippen molar-refractivity contribution in [2.24, 2.45) is 5.73 Å². The van der Waals surface area contributed by atoms with Crippen LogP contribution in [0.1, 0.15) is 19.4 Å². The van der Waals surface area contributed by atoms with Gasteiger partial charge in [0.2, 0.25) is 0 Å². The van der Waals surface area contributed by atoms with Crippen molar-refractivity contribution in [1.82, 2.24) is 5.32 Å². The lowest BCUT2D eigenvalue weighted by atomic mass is 10.1. The Bertz CT molecular complexity index is 349. The Morgan fingerprint density at radius 3 is 2.38 bits per heavy atom. The van der Waals surface area contributed by atoms with E-state index in [1.54, 1.807) is 12.1 Å². The number of benzene rings is 1. The molecule has 88 valence electrons. The van der Waals surface area contributed by atoms with Crippen molar-refractivity contribution in [3.63, 3.8) is 0 Å². The fraction of sp³-hybridized carbons (Fsp3) is 0.455. The van der Waals surface area contributed by atoms with E-state index >= 15 is 0 Å². The maximum atomic E-state index is 10.4. The zero-order valence-electron chi connectivity index (χ0n) is 9.51. The molecule has 3 N–H and O–H groups in total. The highest BCUT2D eigenvalue weighted by Gasteiger charge is 2.07. The van der Waals surface area contributed by atoms with Crippen molar-refractivity contribution in [3.8, 4) is 0 Å². The van der Waals surface area contributed by atoms with Gasteiger partial charge in [-0.2, -0.15) is 0 Å². The van der Waals surface area contributed by atoms with Crippen molar-refractivity contribution in [3.05, 3.63) is 39.9 Å². The lowest BCUT2D eigenvalue weighted by Crippen LogP contribution is -2.40. The molecule has 2 unspecified atom stereocenters. The van der Waals surface area contributed by atoms with Crippen molar-refractivity contribution in [2.45, 2.75) is 32.5 Å². The van der Waals surface area contributed by atoms with E-state index in [4.69, 9.17) is 5.73 Å². The number of hydrogen-bond donors (Lipinski definition) is 2. The first-order valence-corrected chi connectivity index (χ1v) is 5.23. The number of nitrogens with two attached hydrogens (primary N) is 1. The molecule has 1 aromatic rings. The Kier molecular flexibility index (Phi) is 4.39. The molecule has 16 heavy (non-hydrogen) atoms. The summed E-state index contributed by atoms with van der Waals surface area (Å²) in [5.41, 5.74) is 6.84. The molecular formula is C11H17N3O2. The Morgan fingerprint density at radius 1 is 1.38 bits per heavy atom. The van der Waals surface area contributed by atoms with Crippen LogP contribution in [-0.2, 0) is 6.54 Å². The van der Waals surface area contributed by atoms with Crippen LogP contribution in [0.2, 0.25) is 0 Å². The third-order valence-electron chi connectivity index (χ3n) is 2.56. The highest BCUT2D eigenvalue weighted by Crippen LogP contribution is 2.11. The Balaban J connectivity index is 2.53. The summed E-state index contributed by atoms with van der Waals surface area (Å²) in [5, 5.41) is 13.7. The highest BCUT2D eigenvalue weighted by atomic mass is 16.6. The molecule has 2 atom stereocenters. The Morgan fingerprint density at radius 2 is 1.94 bits per heavy atom. The van der Waals surface area contributed by atoms with Gasteiger partial charge in [0, 0.05) is 30.8 Å². The second-order valence-electron chi connectivity index (χ2n) is 3.95. The summed E-state index contributed by atoms with van der Waals surface area (Å²) >= 11 is 0. The third-order valence-corrected chi connectivity index (χ3v) is 2.56. The van der Waals surface area contributed by atoms with Gasteiger partial charge in [-0.05, 0) is 19.4 Å². The molecule has 5 heteroatoms. The molecule has 0 aromatic heterocycles. The van der Waals surface area contributed by atoms with Gasteiger partial charge in [-0.25, -0.2) is 0 Å². The first-order valence-electron chi connectivity index (χ1n) is 5.23. The number of hydrogen-bond acceptors (Lipinski definition) is 4. The van der Waals surface area contributed by atoms with Gasteiger partial charge in [0.15, 0.2) is 0 Å². The third kappa shape index (κ3) is 3.60. The molecule has 1 aromatic carbocycles. The Hall–Kier alpha value is -1.46. The molecule has 0 radical (unpaired) electrons. The summed E-state index contributed by atoms with van der Waals surface area (Å²) in [4.78, 5) is 10.0. The molecule has 0 aliphatic heterocycles. The molecule has 0 aliphatic rings. The van der Waals surface area contributed by atoms with Crippen LogP contribution in [0.15, 0.2) is 24.3 Å². The van der Waals surface area contributed by atoms with Gasteiger partial charge in [0.1, 0.15) is 0 Å². The number of non-ortho nitro benzene ring substituents is 1. The predicted molar refractivity (Wildman–Crippen MR) is 63.0 cm³/mol. The van der Waals surface area contributed by atoms with Crippen LogP contribution in [0.4, 0.5) is 5.69 Å². The van der Waals surface area contributed by atoms with Crippen molar-refractivity contribution < 1.29 is 4.92 Å². The summed E-state index contributed by atoms with van der Waals surface area (Å²) in [6, 6.07) is 6.81. The minimum absolute atomic E-state index is 0.0815. The lowest BCUT2D eigenvalue weighted by molar-refractivity contribution is -0.384. The standard InChI is InChI=1S/C11H17N3O2/c1-8(12)9(2)13-7-10-3-5-11(6-4-10)14(15)16/h3-6,8-9,13H,7,12H2,1-2H3. The molecule has 5 nitrogen and oxygen atoms in total. The topological polar surface area (TPSA) is 81.2 Å². The summed E-state index contributed by atoms with van der Waals surface area (Å²) in [5.74, 6) is 0. The summed E-state index contributed by atoms with van der Waals surface area (Å²) in [7, 11) is 0. The smallest absolute Gasteiger partial charge is 0.269 e. The van der Waals surface area contributed by atoms with Gasteiger partial charge >= 0.3 is 0 Å². The molecule has 1 rings (SSSR count). The van der Waals surface area contributed by atoms with Crippen molar-refractivity contribution >= 4 is 5.69 Å². The first-order chi connectivity index (χ1) is 7.50. The van der Waals surface area contributed by atoms with E-state index in [1.807, 2.05) is 13.8 Å². The molecule has 0 bridgehead atoms. The van der Waals surface area contributed by atoms with E-state index < -0.39 is 4.92 Å². The van der Waals surface area contributed by atoms with E-state index in [2.05, 4.69) is 5.32 Å². The molecule has 0 spiro atoms. The SMILES string of the molecule is CC(N)C(C)NCc1ccc([N+](=O)[O-])cc1. The van der Waals surface area contributed by atoms with Crippen LogP contribution < -0.4 is 11.1 Å². The number of nitrogens with zero attached hydrogens (tertiary/aromatic N) is 1. The molecule has 0 heterocycles. The Labute approximate surface area is 94.8 Å². The fourth-order valence-electron chi connectivity index (χ4n) is 1.20. The molecule has 0 fully saturated rings. The van der Waals surface area contributed by atoms with Gasteiger partial charge in [0.25, 0.3) is 5.69 Å². The first kappa shape index (κ1) is 12.6. The molecule has 0 saturated carbocycles. The fourth-order valence-corrected chi connectivity index (χ4v) is 1.20. The summed E-state index contributed by atoms with van der Waals surface area (Å²) in [6.07, 6.45) is 0. The molecule has 0 saturated heterocycles. The van der Waals surface area contributed by atoms with Gasteiger partial charge in [0.05, 0.1) is 4.92 Å². The average Bonchev–Trinajstić information content (AvgIpc) is 2.26. The number of nitro benzene ring substituents is 1. The van der Waals surface area contributed by atoms with Gasteiger partial charge in [-0.15, -0.1) is 0 Å². The van der Waals surface area contributed by atoms with Crippen molar-refractivity contribution in [2.75, 3.05) is 0 Å². The molecular weight excluding hydrogens is 206 g/mol. The maximum Gasteiger partial charge on any atom is 0.269 e. The minimum atomic E-state index is -0.401. The zero-order valence-corrected chi connectivity index (χ0v) is 9.51. The average molecular weight is 223 g/mol. The van der Waals surface area contributed by atoms with Gasteiger partial charge in [-0.1, -0.05) is 12.1 Å². The maximum absolute atomic E-state index is 10.4. The quantitative estimate of drug-likeness (QED) is 0.584. The van der Waals surface area contributed by atoms with E-state index in [-0.39, 0.29) is 17.8 Å².